The van der Waals surface area contributed by atoms with Crippen molar-refractivity contribution in [3.8, 4) is 0 Å². The third-order valence-corrected chi connectivity index (χ3v) is 3.10. The molecule has 5 heteroatoms. The van der Waals surface area contributed by atoms with Gasteiger partial charge < -0.3 is 10.5 Å². The van der Waals surface area contributed by atoms with Gasteiger partial charge in [0, 0.05) is 24.9 Å². The molecule has 5 nitrogen and oxygen atoms in total. The summed E-state index contributed by atoms with van der Waals surface area (Å²) in [6.45, 7) is 6.51. The van der Waals surface area contributed by atoms with Crippen molar-refractivity contribution in [1.82, 2.24) is 9.88 Å². The Balaban J connectivity index is 2.19. The summed E-state index contributed by atoms with van der Waals surface area (Å²) in [5, 5.41) is 0. The highest BCUT2D eigenvalue weighted by Gasteiger charge is 2.32. The Labute approximate surface area is 113 Å². The van der Waals surface area contributed by atoms with Crippen LogP contribution in [-0.4, -0.2) is 34.2 Å². The highest BCUT2D eigenvalue weighted by atomic mass is 16.6. The minimum Gasteiger partial charge on any atom is -0.444 e. The van der Waals surface area contributed by atoms with Crippen LogP contribution in [-0.2, 0) is 17.7 Å². The minimum absolute atomic E-state index is 0.0442. The maximum atomic E-state index is 12.2. The fraction of sp³-hybridized carbons (Fsp3) is 0.571. The Morgan fingerprint density at radius 1 is 1.58 bits per heavy atom. The molecule has 0 saturated carbocycles. The fourth-order valence-electron chi connectivity index (χ4n) is 2.19. The van der Waals surface area contributed by atoms with Crippen molar-refractivity contribution >= 4 is 6.09 Å². The standard InChI is InChI=1S/C14H21N3O2/c1-14(2,3)19-13(18)17-9-10-5-4-6-16-12(10)7-11(17)8-15/h4-6,11H,7-9,15H2,1-3H3. The molecule has 2 rings (SSSR count). The third kappa shape index (κ3) is 3.23. The number of nitrogens with zero attached hydrogens (tertiary/aromatic N) is 2. The first-order valence-corrected chi connectivity index (χ1v) is 6.53. The number of pyridine rings is 1. The monoisotopic (exact) mass is 263 g/mol. The van der Waals surface area contributed by atoms with E-state index in [4.69, 9.17) is 10.5 Å². The van der Waals surface area contributed by atoms with Crippen LogP contribution >= 0.6 is 0 Å². The molecule has 1 aliphatic rings. The number of fused-ring (bicyclic) bond motifs is 1. The van der Waals surface area contributed by atoms with Gasteiger partial charge in [-0.3, -0.25) is 9.88 Å². The normalized spacial score (nSPS) is 18.9. The number of amides is 1. The second-order valence-electron chi connectivity index (χ2n) is 5.81. The summed E-state index contributed by atoms with van der Waals surface area (Å²) >= 11 is 0. The Kier molecular flexibility index (Phi) is 3.75. The van der Waals surface area contributed by atoms with E-state index in [-0.39, 0.29) is 12.1 Å². The van der Waals surface area contributed by atoms with Crippen LogP contribution in [0.15, 0.2) is 18.3 Å². The molecule has 0 aliphatic carbocycles. The lowest BCUT2D eigenvalue weighted by Crippen LogP contribution is -2.49. The van der Waals surface area contributed by atoms with Crippen molar-refractivity contribution in [1.29, 1.82) is 0 Å². The van der Waals surface area contributed by atoms with Crippen LogP contribution in [0.4, 0.5) is 4.79 Å². The molecule has 1 atom stereocenters. The van der Waals surface area contributed by atoms with Gasteiger partial charge in [-0.2, -0.15) is 0 Å². The summed E-state index contributed by atoms with van der Waals surface area (Å²) < 4.78 is 5.44. The highest BCUT2D eigenvalue weighted by molar-refractivity contribution is 5.69. The molecule has 1 aromatic heterocycles. The summed E-state index contributed by atoms with van der Waals surface area (Å²) in [4.78, 5) is 18.3. The van der Waals surface area contributed by atoms with E-state index < -0.39 is 5.60 Å². The van der Waals surface area contributed by atoms with Gasteiger partial charge in [0.05, 0.1) is 12.6 Å². The van der Waals surface area contributed by atoms with Gasteiger partial charge in [0.1, 0.15) is 5.60 Å². The molecule has 1 unspecified atom stereocenters. The van der Waals surface area contributed by atoms with Crippen molar-refractivity contribution in [3.05, 3.63) is 29.6 Å². The van der Waals surface area contributed by atoms with Gasteiger partial charge in [-0.1, -0.05) is 6.07 Å². The maximum absolute atomic E-state index is 12.2. The van der Waals surface area contributed by atoms with E-state index in [1.807, 2.05) is 32.9 Å². The number of hydrogen-bond donors (Lipinski definition) is 1. The predicted octanol–water partition coefficient (Wildman–Crippen LogP) is 1.70. The van der Waals surface area contributed by atoms with Crippen LogP contribution in [0.3, 0.4) is 0 Å². The lowest BCUT2D eigenvalue weighted by molar-refractivity contribution is 0.0126. The van der Waals surface area contributed by atoms with E-state index in [1.54, 1.807) is 11.1 Å². The first-order chi connectivity index (χ1) is 8.90. The third-order valence-electron chi connectivity index (χ3n) is 3.10. The number of hydrogen-bond acceptors (Lipinski definition) is 4. The van der Waals surface area contributed by atoms with Crippen molar-refractivity contribution in [3.63, 3.8) is 0 Å². The van der Waals surface area contributed by atoms with Crippen molar-refractivity contribution < 1.29 is 9.53 Å². The maximum Gasteiger partial charge on any atom is 0.410 e. The first-order valence-electron chi connectivity index (χ1n) is 6.53. The molecule has 0 radical (unpaired) electrons. The summed E-state index contributed by atoms with van der Waals surface area (Å²) in [6, 6.07) is 3.83. The number of carbonyl (C=O) groups is 1. The van der Waals surface area contributed by atoms with E-state index in [0.29, 0.717) is 19.5 Å². The predicted molar refractivity (Wildman–Crippen MR) is 72.6 cm³/mol. The number of rotatable bonds is 1. The van der Waals surface area contributed by atoms with Gasteiger partial charge in [0.15, 0.2) is 0 Å². The van der Waals surface area contributed by atoms with Gasteiger partial charge in [0.25, 0.3) is 0 Å². The topological polar surface area (TPSA) is 68.5 Å². The lowest BCUT2D eigenvalue weighted by Gasteiger charge is -2.36. The Bertz CT molecular complexity index is 468. The van der Waals surface area contributed by atoms with Crippen molar-refractivity contribution in [2.24, 2.45) is 5.73 Å². The number of nitrogens with two attached hydrogens (primary N) is 1. The van der Waals surface area contributed by atoms with E-state index in [9.17, 15) is 4.79 Å². The molecule has 0 saturated heterocycles. The molecule has 1 aliphatic heterocycles. The van der Waals surface area contributed by atoms with E-state index >= 15 is 0 Å². The number of carbonyl (C=O) groups excluding carboxylic acids is 1. The number of aromatic nitrogens is 1. The zero-order valence-electron chi connectivity index (χ0n) is 11.7. The molecule has 2 N–H and O–H groups in total. The average molecular weight is 263 g/mol. The second kappa shape index (κ2) is 5.17. The van der Waals surface area contributed by atoms with Crippen LogP contribution in [0.1, 0.15) is 32.0 Å². The summed E-state index contributed by atoms with van der Waals surface area (Å²) in [6.07, 6.45) is 2.15. The SMILES string of the molecule is CC(C)(C)OC(=O)N1Cc2cccnc2CC1CN. The number of ether oxygens (including phenoxy) is 1. The summed E-state index contributed by atoms with van der Waals surface area (Å²) in [7, 11) is 0. The van der Waals surface area contributed by atoms with Crippen molar-refractivity contribution in [2.75, 3.05) is 6.54 Å². The zero-order valence-corrected chi connectivity index (χ0v) is 11.7. The molecule has 1 amide bonds. The van der Waals surface area contributed by atoms with Crippen LogP contribution in [0.5, 0.6) is 0 Å². The molecular formula is C14H21N3O2. The zero-order chi connectivity index (χ0) is 14.0. The van der Waals surface area contributed by atoms with Gasteiger partial charge in [-0.15, -0.1) is 0 Å². The summed E-state index contributed by atoms with van der Waals surface area (Å²) in [5.74, 6) is 0. The van der Waals surface area contributed by atoms with Crippen LogP contribution in [0.2, 0.25) is 0 Å². The molecule has 2 heterocycles. The Hall–Kier alpha value is -1.62. The highest BCUT2D eigenvalue weighted by Crippen LogP contribution is 2.23. The molecule has 0 fully saturated rings. The molecule has 19 heavy (non-hydrogen) atoms. The second-order valence-corrected chi connectivity index (χ2v) is 5.81. The van der Waals surface area contributed by atoms with Crippen LogP contribution in [0.25, 0.3) is 0 Å². The van der Waals surface area contributed by atoms with Gasteiger partial charge in [0.2, 0.25) is 0 Å². The molecule has 0 aromatic carbocycles. The fourth-order valence-corrected chi connectivity index (χ4v) is 2.19. The van der Waals surface area contributed by atoms with E-state index in [1.165, 1.54) is 0 Å². The van der Waals surface area contributed by atoms with Crippen LogP contribution in [0, 0.1) is 0 Å². The van der Waals surface area contributed by atoms with E-state index in [0.717, 1.165) is 11.3 Å². The van der Waals surface area contributed by atoms with E-state index in [2.05, 4.69) is 4.98 Å². The van der Waals surface area contributed by atoms with Crippen LogP contribution < -0.4 is 5.73 Å². The molecule has 1 aromatic rings. The quantitative estimate of drug-likeness (QED) is 0.837. The minimum atomic E-state index is -0.495. The Morgan fingerprint density at radius 3 is 2.95 bits per heavy atom. The van der Waals surface area contributed by atoms with Gasteiger partial charge in [-0.05, 0) is 32.4 Å². The van der Waals surface area contributed by atoms with Crippen molar-refractivity contribution in [2.45, 2.75) is 45.4 Å². The molecular weight excluding hydrogens is 242 g/mol. The van der Waals surface area contributed by atoms with Gasteiger partial charge >= 0.3 is 6.09 Å². The molecule has 0 bridgehead atoms. The summed E-state index contributed by atoms with van der Waals surface area (Å²) in [5.41, 5.74) is 7.37. The Morgan fingerprint density at radius 2 is 2.32 bits per heavy atom. The molecule has 104 valence electrons. The smallest absolute Gasteiger partial charge is 0.410 e. The van der Waals surface area contributed by atoms with Gasteiger partial charge in [-0.25, -0.2) is 4.79 Å². The first kappa shape index (κ1) is 13.8. The average Bonchev–Trinajstić information content (AvgIpc) is 2.35. The largest absolute Gasteiger partial charge is 0.444 e. The molecule has 0 spiro atoms. The lowest BCUT2D eigenvalue weighted by atomic mass is 9.99.